The lowest BCUT2D eigenvalue weighted by molar-refractivity contribution is 0.104. The second kappa shape index (κ2) is 8.68. The van der Waals surface area contributed by atoms with Crippen LogP contribution < -0.4 is 15.9 Å². The molecule has 0 aromatic heterocycles. The van der Waals surface area contributed by atoms with Crippen molar-refractivity contribution in [1.82, 2.24) is 0 Å². The highest BCUT2D eigenvalue weighted by Crippen LogP contribution is 2.35. The average Bonchev–Trinajstić information content (AvgIpc) is 2.85. The number of carbonyl (C=O) groups excluding carboxylic acids is 1. The Hall–Kier alpha value is -3.54. The minimum absolute atomic E-state index is 0.0757. The van der Waals surface area contributed by atoms with Crippen LogP contribution in [-0.2, 0) is 0 Å². The van der Waals surface area contributed by atoms with Crippen LogP contribution in [0.15, 0.2) is 127 Å². The molecule has 5 rings (SSSR count). The van der Waals surface area contributed by atoms with E-state index in [1.54, 1.807) is 0 Å². The summed E-state index contributed by atoms with van der Waals surface area (Å²) >= 11 is 0. The molecule has 31 heavy (non-hydrogen) atoms. The third kappa shape index (κ3) is 3.81. The summed E-state index contributed by atoms with van der Waals surface area (Å²) in [5.41, 5.74) is 1.53. The van der Waals surface area contributed by atoms with Gasteiger partial charge in [0.1, 0.15) is 0 Å². The summed E-state index contributed by atoms with van der Waals surface area (Å²) in [4.78, 5) is 13.9. The molecule has 0 N–H and O–H groups in total. The van der Waals surface area contributed by atoms with E-state index in [1.807, 2.05) is 60.7 Å². The van der Waals surface area contributed by atoms with Gasteiger partial charge in [0.05, 0.1) is 0 Å². The van der Waals surface area contributed by atoms with Crippen molar-refractivity contribution < 1.29 is 4.79 Å². The molecular weight excluding hydrogens is 395 g/mol. The van der Waals surface area contributed by atoms with E-state index in [9.17, 15) is 4.79 Å². The maximum atomic E-state index is 13.9. The minimum Gasteiger partial charge on any atom is -0.289 e. The minimum atomic E-state index is -0.854. The summed E-state index contributed by atoms with van der Waals surface area (Å²) < 4.78 is 0. The van der Waals surface area contributed by atoms with Crippen LogP contribution in [0.25, 0.3) is 10.8 Å². The molecule has 148 valence electrons. The highest BCUT2D eigenvalue weighted by Gasteiger charge is 2.23. The van der Waals surface area contributed by atoms with Gasteiger partial charge in [-0.2, -0.15) is 0 Å². The Balaban J connectivity index is 1.70. The van der Waals surface area contributed by atoms with Gasteiger partial charge in [0.15, 0.2) is 5.78 Å². The Bertz CT molecular complexity index is 1300. The second-order valence-electron chi connectivity index (χ2n) is 7.38. The molecule has 5 aromatic carbocycles. The van der Waals surface area contributed by atoms with Crippen molar-refractivity contribution in [3.05, 3.63) is 139 Å². The van der Waals surface area contributed by atoms with Gasteiger partial charge >= 0.3 is 0 Å². The van der Waals surface area contributed by atoms with Gasteiger partial charge in [-0.25, -0.2) is 0 Å². The van der Waals surface area contributed by atoms with Gasteiger partial charge in [-0.05, 0) is 34.6 Å². The summed E-state index contributed by atoms with van der Waals surface area (Å²) in [6.45, 7) is 0. The number of hydrogen-bond acceptors (Lipinski definition) is 1. The zero-order valence-electron chi connectivity index (χ0n) is 17.0. The van der Waals surface area contributed by atoms with Gasteiger partial charge in [0.2, 0.25) is 0 Å². The van der Waals surface area contributed by atoms with Crippen LogP contribution in [0.4, 0.5) is 0 Å². The Morgan fingerprint density at radius 2 is 1.00 bits per heavy atom. The molecule has 0 aliphatic carbocycles. The SMILES string of the molecule is O=C(c1ccccc1P(c1ccccc1)c1ccccc1)c1cccc2ccccc12. The monoisotopic (exact) mass is 416 g/mol. The van der Waals surface area contributed by atoms with Crippen LogP contribution in [0.5, 0.6) is 0 Å². The molecule has 0 unspecified atom stereocenters. The fraction of sp³-hybridized carbons (Fsp3) is 0. The standard InChI is InChI=1S/C29H21OP/c30-29(26-20-11-13-22-12-7-8-18-25(22)26)27-19-9-10-21-28(27)31(23-14-3-1-4-15-23)24-16-5-2-6-17-24/h1-21H. The van der Waals surface area contributed by atoms with Crippen molar-refractivity contribution in [1.29, 1.82) is 0 Å². The number of fused-ring (bicyclic) bond motifs is 1. The van der Waals surface area contributed by atoms with Gasteiger partial charge in [0.25, 0.3) is 0 Å². The van der Waals surface area contributed by atoms with Crippen molar-refractivity contribution in [2.45, 2.75) is 0 Å². The van der Waals surface area contributed by atoms with Crippen molar-refractivity contribution in [3.63, 3.8) is 0 Å². The maximum Gasteiger partial charge on any atom is 0.194 e. The third-order valence-electron chi connectivity index (χ3n) is 5.45. The third-order valence-corrected chi connectivity index (χ3v) is 7.95. The summed E-state index contributed by atoms with van der Waals surface area (Å²) in [5.74, 6) is 0.0757. The van der Waals surface area contributed by atoms with Gasteiger partial charge in [-0.3, -0.25) is 4.79 Å². The molecule has 0 atom stereocenters. The number of benzene rings is 5. The number of rotatable bonds is 5. The van der Waals surface area contributed by atoms with Gasteiger partial charge in [0, 0.05) is 11.1 Å². The molecule has 0 saturated carbocycles. The molecule has 0 aliphatic heterocycles. The Labute approximate surface area is 183 Å². The average molecular weight is 416 g/mol. The summed E-state index contributed by atoms with van der Waals surface area (Å²) in [5, 5.41) is 5.64. The number of hydrogen-bond donors (Lipinski definition) is 0. The second-order valence-corrected chi connectivity index (χ2v) is 9.56. The maximum absolute atomic E-state index is 13.9. The van der Waals surface area contributed by atoms with Crippen LogP contribution in [0.3, 0.4) is 0 Å². The predicted octanol–water partition coefficient (Wildman–Crippen LogP) is 5.83. The first-order valence-electron chi connectivity index (χ1n) is 10.3. The van der Waals surface area contributed by atoms with Crippen LogP contribution in [-0.4, -0.2) is 5.78 Å². The molecule has 0 bridgehead atoms. The van der Waals surface area contributed by atoms with E-state index < -0.39 is 7.92 Å². The van der Waals surface area contributed by atoms with E-state index in [2.05, 4.69) is 66.7 Å². The molecule has 0 heterocycles. The Morgan fingerprint density at radius 1 is 0.484 bits per heavy atom. The van der Waals surface area contributed by atoms with Crippen LogP contribution in [0, 0.1) is 0 Å². The molecule has 0 aliphatic rings. The first-order chi connectivity index (χ1) is 15.3. The highest BCUT2D eigenvalue weighted by atomic mass is 31.1. The van der Waals surface area contributed by atoms with E-state index >= 15 is 0 Å². The first kappa shape index (κ1) is 19.4. The molecule has 0 spiro atoms. The van der Waals surface area contributed by atoms with Crippen molar-refractivity contribution in [2.75, 3.05) is 0 Å². The lowest BCUT2D eigenvalue weighted by Crippen LogP contribution is -2.25. The highest BCUT2D eigenvalue weighted by molar-refractivity contribution is 7.80. The van der Waals surface area contributed by atoms with Gasteiger partial charge in [-0.1, -0.05) is 127 Å². The molecule has 0 saturated heterocycles. The molecule has 1 nitrogen and oxygen atoms in total. The van der Waals surface area contributed by atoms with Crippen LogP contribution in [0.2, 0.25) is 0 Å². The first-order valence-corrected chi connectivity index (χ1v) is 11.7. The fourth-order valence-electron chi connectivity index (χ4n) is 4.01. The lowest BCUT2D eigenvalue weighted by Gasteiger charge is -2.22. The lowest BCUT2D eigenvalue weighted by atomic mass is 9.97. The van der Waals surface area contributed by atoms with Crippen molar-refractivity contribution in [3.8, 4) is 0 Å². The molecule has 2 heteroatoms. The molecule has 0 fully saturated rings. The van der Waals surface area contributed by atoms with Gasteiger partial charge < -0.3 is 0 Å². The van der Waals surface area contributed by atoms with E-state index in [0.717, 1.165) is 27.2 Å². The number of carbonyl (C=O) groups is 1. The number of ketones is 1. The molecule has 0 radical (unpaired) electrons. The largest absolute Gasteiger partial charge is 0.289 e. The molecular formula is C29H21OP. The topological polar surface area (TPSA) is 17.1 Å². The van der Waals surface area contributed by atoms with Crippen LogP contribution >= 0.6 is 7.92 Å². The van der Waals surface area contributed by atoms with E-state index in [1.165, 1.54) is 10.6 Å². The van der Waals surface area contributed by atoms with E-state index in [-0.39, 0.29) is 5.78 Å². The van der Waals surface area contributed by atoms with Gasteiger partial charge in [-0.15, -0.1) is 0 Å². The Kier molecular flexibility index (Phi) is 5.44. The predicted molar refractivity (Wildman–Crippen MR) is 133 cm³/mol. The van der Waals surface area contributed by atoms with Crippen LogP contribution in [0.1, 0.15) is 15.9 Å². The van der Waals surface area contributed by atoms with E-state index in [4.69, 9.17) is 0 Å². The quantitative estimate of drug-likeness (QED) is 0.260. The summed E-state index contributed by atoms with van der Waals surface area (Å²) in [6, 6.07) is 43.2. The smallest absolute Gasteiger partial charge is 0.194 e. The fourth-order valence-corrected chi connectivity index (χ4v) is 6.46. The van der Waals surface area contributed by atoms with Crippen molar-refractivity contribution in [2.24, 2.45) is 0 Å². The summed E-state index contributed by atoms with van der Waals surface area (Å²) in [7, 11) is -0.854. The molecule has 0 amide bonds. The molecule has 5 aromatic rings. The zero-order chi connectivity index (χ0) is 21.0. The normalized spacial score (nSPS) is 11.0. The zero-order valence-corrected chi connectivity index (χ0v) is 17.9. The van der Waals surface area contributed by atoms with Crippen molar-refractivity contribution >= 4 is 40.4 Å². The summed E-state index contributed by atoms with van der Waals surface area (Å²) in [6.07, 6.45) is 0. The van der Waals surface area contributed by atoms with E-state index in [0.29, 0.717) is 0 Å². The Morgan fingerprint density at radius 3 is 1.71 bits per heavy atom.